The fourth-order valence-electron chi connectivity index (χ4n) is 0.371. The number of rotatable bonds is 4. The van der Waals surface area contributed by atoms with Crippen LogP contribution in [0.25, 0.3) is 0 Å². The lowest BCUT2D eigenvalue weighted by Crippen LogP contribution is -2.40. The minimum absolute atomic E-state index is 0.0102. The van der Waals surface area contributed by atoms with Gasteiger partial charge in [0.2, 0.25) is 0 Å². The Labute approximate surface area is 58.9 Å². The summed E-state index contributed by atoms with van der Waals surface area (Å²) in [5, 5.41) is 34.4. The van der Waals surface area contributed by atoms with Gasteiger partial charge in [-0.3, -0.25) is 0 Å². The fraction of sp³-hybridized carbons (Fsp3) is 0.800. The lowest BCUT2D eigenvalue weighted by atomic mass is 10.1. The van der Waals surface area contributed by atoms with Gasteiger partial charge in [0.05, 0.1) is 7.95 Å². The Morgan fingerprint density at radius 2 is 2.00 bits per heavy atom. The van der Waals surface area contributed by atoms with E-state index in [0.717, 1.165) is 0 Å². The fourth-order valence-corrected chi connectivity index (χ4v) is 0.371. The summed E-state index contributed by atoms with van der Waals surface area (Å²) in [5.41, 5.74) is 0. The van der Waals surface area contributed by atoms with E-state index < -0.39 is 24.9 Å². The highest BCUT2D eigenvalue weighted by Crippen LogP contribution is 1.96. The molecule has 0 aromatic heterocycles. The van der Waals surface area contributed by atoms with Crippen molar-refractivity contribution in [1.29, 1.82) is 0 Å². The van der Waals surface area contributed by atoms with Gasteiger partial charge in [-0.05, 0) is 0 Å². The predicted molar refractivity (Wildman–Crippen MR) is 31.2 cm³/mol. The summed E-state index contributed by atoms with van der Waals surface area (Å²) in [6.45, 7) is -1.93. The molecule has 0 fully saturated rings. The van der Waals surface area contributed by atoms with Gasteiger partial charge in [-0.2, -0.15) is 0 Å². The number of hydrogen-bond donors (Lipinski definition) is 4. The van der Waals surface area contributed by atoms with Gasteiger partial charge in [-0.15, -0.1) is 0 Å². The zero-order chi connectivity index (χ0) is 9.02. The zero-order valence-electron chi connectivity index (χ0n) is 6.08. The summed E-state index contributed by atoms with van der Waals surface area (Å²) in [7, 11) is 0. The molecule has 1 unspecified atom stereocenters. The lowest BCUT2D eigenvalue weighted by molar-refractivity contribution is -0.127. The summed E-state index contributed by atoms with van der Waals surface area (Å²) in [6.07, 6.45) is -5.42. The van der Waals surface area contributed by atoms with Crippen LogP contribution in [-0.2, 0) is 4.79 Å². The molecule has 0 aromatic rings. The van der Waals surface area contributed by atoms with Gasteiger partial charge < -0.3 is 25.2 Å². The van der Waals surface area contributed by atoms with Gasteiger partial charge in [0.25, 0.3) is 0 Å². The number of aliphatic hydroxyl groups is 4. The average molecular weight is 151 g/mol. The lowest BCUT2D eigenvalue weighted by Gasteiger charge is -2.16. The number of hydrogen-bond acceptors (Lipinski definition) is 5. The molecule has 5 heteroatoms. The van der Waals surface area contributed by atoms with Crippen LogP contribution in [-0.4, -0.2) is 51.6 Å². The van der Waals surface area contributed by atoms with E-state index in [1.807, 2.05) is 0 Å². The Bertz CT molecular complexity index is 128. The van der Waals surface area contributed by atoms with E-state index in [9.17, 15) is 4.79 Å². The Kier molecular flexibility index (Phi) is 3.31. The molecular formula is C5H10O5. The maximum absolute atomic E-state index is 9.81. The second-order valence-electron chi connectivity index (χ2n) is 1.76. The van der Waals surface area contributed by atoms with Crippen LogP contribution in [0.3, 0.4) is 0 Å². The SMILES string of the molecule is [2H]C(O)[C@@H](O)[C@H](O)[C@@H](O)C=O. The molecule has 0 aromatic carbocycles. The number of aldehydes is 1. The Morgan fingerprint density at radius 3 is 2.30 bits per heavy atom. The zero-order valence-corrected chi connectivity index (χ0v) is 5.08. The highest BCUT2D eigenvalue weighted by Gasteiger charge is 2.22. The Hall–Kier alpha value is -0.490. The first-order valence-electron chi connectivity index (χ1n) is 3.18. The molecule has 0 aliphatic rings. The van der Waals surface area contributed by atoms with E-state index in [1.165, 1.54) is 0 Å². The van der Waals surface area contributed by atoms with Gasteiger partial charge in [0.1, 0.15) is 18.3 Å². The molecule has 5 nitrogen and oxygen atoms in total. The second kappa shape index (κ2) is 4.35. The average Bonchev–Trinajstić information content (AvgIpc) is 2.00. The van der Waals surface area contributed by atoms with Gasteiger partial charge in [0, 0.05) is 0 Å². The number of carbonyl (C=O) groups is 1. The molecular weight excluding hydrogens is 140 g/mol. The first kappa shape index (κ1) is 7.62. The van der Waals surface area contributed by atoms with Crippen molar-refractivity contribution in [3.63, 3.8) is 0 Å². The van der Waals surface area contributed by atoms with Crippen LogP contribution in [0.1, 0.15) is 1.37 Å². The second-order valence-corrected chi connectivity index (χ2v) is 1.76. The third-order valence-corrected chi connectivity index (χ3v) is 0.992. The molecule has 60 valence electrons. The quantitative estimate of drug-likeness (QED) is 0.327. The molecule has 4 atom stereocenters. The molecule has 10 heavy (non-hydrogen) atoms. The molecule has 0 amide bonds. The molecule has 0 rings (SSSR count). The van der Waals surface area contributed by atoms with Crippen LogP contribution in [0.2, 0.25) is 0 Å². The normalized spacial score (nSPS) is 24.2. The molecule has 0 saturated carbocycles. The van der Waals surface area contributed by atoms with E-state index in [0.29, 0.717) is 0 Å². The van der Waals surface area contributed by atoms with Crippen molar-refractivity contribution >= 4 is 6.29 Å². The van der Waals surface area contributed by atoms with E-state index in [4.69, 9.17) is 21.8 Å². The largest absolute Gasteiger partial charge is 0.394 e. The monoisotopic (exact) mass is 151 g/mol. The van der Waals surface area contributed by atoms with Crippen molar-refractivity contribution in [2.45, 2.75) is 18.3 Å². The van der Waals surface area contributed by atoms with Crippen molar-refractivity contribution < 1.29 is 26.6 Å². The first-order chi connectivity index (χ1) is 5.00. The summed E-state index contributed by atoms with van der Waals surface area (Å²) in [6, 6.07) is 0. The molecule has 0 radical (unpaired) electrons. The minimum Gasteiger partial charge on any atom is -0.394 e. The molecule has 0 saturated heterocycles. The molecule has 0 heterocycles. The van der Waals surface area contributed by atoms with Crippen LogP contribution in [0.5, 0.6) is 0 Å². The van der Waals surface area contributed by atoms with E-state index in [2.05, 4.69) is 0 Å². The Morgan fingerprint density at radius 1 is 1.50 bits per heavy atom. The minimum atomic E-state index is -1.93. The summed E-state index contributed by atoms with van der Waals surface area (Å²) in [5.74, 6) is 0. The molecule has 0 bridgehead atoms. The first-order valence-corrected chi connectivity index (χ1v) is 2.60. The van der Waals surface area contributed by atoms with Crippen LogP contribution in [0, 0.1) is 0 Å². The smallest absolute Gasteiger partial charge is 0.151 e. The standard InChI is InChI=1S/C5H10O5/c6-1-3(8)5(10)4(9)2-7/h1,3-5,7-10H,2H2/t3-,4+,5+/m0/s1/i2D/t2?,3-,4+,5+. The topological polar surface area (TPSA) is 98.0 Å². The molecule has 0 aliphatic carbocycles. The van der Waals surface area contributed by atoms with Crippen LogP contribution in [0.4, 0.5) is 0 Å². The van der Waals surface area contributed by atoms with Crippen LogP contribution < -0.4 is 0 Å². The summed E-state index contributed by atoms with van der Waals surface area (Å²) >= 11 is 0. The van der Waals surface area contributed by atoms with Crippen molar-refractivity contribution in [2.24, 2.45) is 0 Å². The predicted octanol–water partition coefficient (Wildman–Crippen LogP) is -2.74. The van der Waals surface area contributed by atoms with Crippen molar-refractivity contribution in [3.8, 4) is 0 Å². The van der Waals surface area contributed by atoms with E-state index in [-0.39, 0.29) is 6.29 Å². The third-order valence-electron chi connectivity index (χ3n) is 0.992. The van der Waals surface area contributed by atoms with Crippen LogP contribution in [0.15, 0.2) is 0 Å². The van der Waals surface area contributed by atoms with E-state index >= 15 is 0 Å². The van der Waals surface area contributed by atoms with Gasteiger partial charge in [-0.1, -0.05) is 0 Å². The maximum atomic E-state index is 9.81. The molecule has 0 aliphatic heterocycles. The molecule has 0 spiro atoms. The Balaban J connectivity index is 4.00. The number of carbonyl (C=O) groups excluding carboxylic acids is 1. The maximum Gasteiger partial charge on any atom is 0.151 e. The summed E-state index contributed by atoms with van der Waals surface area (Å²) in [4.78, 5) is 9.81. The molecule has 4 N–H and O–H groups in total. The third kappa shape index (κ3) is 2.40. The van der Waals surface area contributed by atoms with Gasteiger partial charge >= 0.3 is 0 Å². The summed E-state index contributed by atoms with van der Waals surface area (Å²) < 4.78 is 6.50. The highest BCUT2D eigenvalue weighted by molar-refractivity contribution is 5.56. The van der Waals surface area contributed by atoms with Crippen molar-refractivity contribution in [2.75, 3.05) is 6.58 Å². The van der Waals surface area contributed by atoms with Gasteiger partial charge in [0.15, 0.2) is 6.29 Å². The van der Waals surface area contributed by atoms with E-state index in [1.54, 1.807) is 0 Å². The number of aliphatic hydroxyl groups excluding tert-OH is 4. The van der Waals surface area contributed by atoms with Gasteiger partial charge in [-0.25, -0.2) is 0 Å². The van der Waals surface area contributed by atoms with Crippen molar-refractivity contribution in [3.05, 3.63) is 0 Å². The highest BCUT2D eigenvalue weighted by atomic mass is 16.4. The van der Waals surface area contributed by atoms with Crippen molar-refractivity contribution in [1.82, 2.24) is 0 Å². The van der Waals surface area contributed by atoms with Crippen LogP contribution >= 0.6 is 0 Å².